The van der Waals surface area contributed by atoms with E-state index in [0.29, 0.717) is 16.9 Å². The van der Waals surface area contributed by atoms with Crippen molar-refractivity contribution in [2.24, 2.45) is 0 Å². The number of Topliss-reactive ketones (excluding diaryl/α,β-unsaturated/α-hetero) is 1. The number of hydrogen-bond donors (Lipinski definition) is 0. The van der Waals surface area contributed by atoms with Gasteiger partial charge in [-0.05, 0) is 30.3 Å². The minimum Gasteiger partial charge on any atom is -0.493 e. The van der Waals surface area contributed by atoms with E-state index in [0.717, 1.165) is 0 Å². The Bertz CT molecular complexity index is 798. The molecule has 0 radical (unpaired) electrons. The largest absolute Gasteiger partial charge is 0.493 e. The van der Waals surface area contributed by atoms with E-state index in [4.69, 9.17) is 14.2 Å². The number of carbonyl (C=O) groups is 2. The first-order chi connectivity index (χ1) is 11.5. The molecule has 0 unspecified atom stereocenters. The smallest absolute Gasteiger partial charge is 0.343 e. The molecule has 1 heterocycles. The lowest BCUT2D eigenvalue weighted by atomic mass is 9.97. The zero-order chi connectivity index (χ0) is 17.3. The maximum atomic E-state index is 13.0. The van der Waals surface area contributed by atoms with Crippen molar-refractivity contribution < 1.29 is 28.2 Å². The molecule has 1 aliphatic rings. The topological polar surface area (TPSA) is 61.8 Å². The van der Waals surface area contributed by atoms with Crippen LogP contribution < -0.4 is 9.47 Å². The fraction of sp³-hybridized carbons (Fsp3) is 0.222. The predicted molar refractivity (Wildman–Crippen MR) is 83.1 cm³/mol. The van der Waals surface area contributed by atoms with Crippen molar-refractivity contribution in [2.45, 2.75) is 12.5 Å². The number of ketones is 1. The molecule has 0 fully saturated rings. The second-order valence-electron chi connectivity index (χ2n) is 5.29. The quantitative estimate of drug-likeness (QED) is 0.621. The second kappa shape index (κ2) is 6.31. The summed E-state index contributed by atoms with van der Waals surface area (Å²) in [6, 6.07) is 8.60. The van der Waals surface area contributed by atoms with Crippen molar-refractivity contribution in [2.75, 3.05) is 14.2 Å². The van der Waals surface area contributed by atoms with E-state index in [9.17, 15) is 14.0 Å². The summed E-state index contributed by atoms with van der Waals surface area (Å²) in [6.45, 7) is 0. The summed E-state index contributed by atoms with van der Waals surface area (Å²) in [5, 5.41) is 0. The molecule has 3 rings (SSSR count). The van der Waals surface area contributed by atoms with E-state index < -0.39 is 17.9 Å². The number of rotatable bonds is 5. The number of carbonyl (C=O) groups excluding carboxylic acids is 2. The van der Waals surface area contributed by atoms with Crippen molar-refractivity contribution >= 4 is 11.8 Å². The molecule has 2 aromatic rings. The fourth-order valence-corrected chi connectivity index (χ4v) is 2.75. The molecule has 6 heteroatoms. The van der Waals surface area contributed by atoms with E-state index in [1.54, 1.807) is 12.1 Å². The van der Waals surface area contributed by atoms with Gasteiger partial charge in [0.15, 0.2) is 17.3 Å². The Morgan fingerprint density at radius 3 is 2.46 bits per heavy atom. The molecule has 0 saturated carbocycles. The molecule has 0 bridgehead atoms. The molecule has 24 heavy (non-hydrogen) atoms. The van der Waals surface area contributed by atoms with Gasteiger partial charge in [-0.3, -0.25) is 4.79 Å². The zero-order valence-corrected chi connectivity index (χ0v) is 13.2. The number of halogens is 1. The number of esters is 1. The molecule has 0 amide bonds. The van der Waals surface area contributed by atoms with E-state index >= 15 is 0 Å². The highest BCUT2D eigenvalue weighted by Gasteiger charge is 2.36. The number of cyclic esters (lactones) is 1. The summed E-state index contributed by atoms with van der Waals surface area (Å²) >= 11 is 0. The van der Waals surface area contributed by atoms with E-state index in [1.807, 2.05) is 0 Å². The van der Waals surface area contributed by atoms with Gasteiger partial charge in [-0.2, -0.15) is 0 Å². The van der Waals surface area contributed by atoms with Crippen molar-refractivity contribution in [3.05, 3.63) is 58.9 Å². The Morgan fingerprint density at radius 1 is 1.12 bits per heavy atom. The third kappa shape index (κ3) is 2.71. The first-order valence-corrected chi connectivity index (χ1v) is 7.29. The van der Waals surface area contributed by atoms with E-state index in [2.05, 4.69) is 0 Å². The summed E-state index contributed by atoms with van der Waals surface area (Å²) in [5.74, 6) is -0.510. The average Bonchev–Trinajstić information content (AvgIpc) is 2.90. The van der Waals surface area contributed by atoms with Gasteiger partial charge >= 0.3 is 5.97 Å². The summed E-state index contributed by atoms with van der Waals surface area (Å²) in [6.07, 6.45) is -0.732. The molecular weight excluding hydrogens is 315 g/mol. The minimum atomic E-state index is -0.704. The van der Waals surface area contributed by atoms with Crippen LogP contribution in [0.4, 0.5) is 4.39 Å². The van der Waals surface area contributed by atoms with Gasteiger partial charge in [0.1, 0.15) is 17.5 Å². The number of fused-ring (bicyclic) bond motifs is 1. The standard InChI is InChI=1S/C18H15FO5/c1-22-14-8-7-12-15(24-18(21)16(12)17(14)23-2)9-13(20)10-3-5-11(19)6-4-10/h3-8,15H,9H2,1-2H3/t15-/m1/s1. The van der Waals surface area contributed by atoms with Crippen molar-refractivity contribution in [3.63, 3.8) is 0 Å². The molecular formula is C18H15FO5. The van der Waals surface area contributed by atoms with E-state index in [-0.39, 0.29) is 23.5 Å². The van der Waals surface area contributed by atoms with Gasteiger partial charge in [0.2, 0.25) is 0 Å². The number of ether oxygens (including phenoxy) is 3. The molecule has 1 atom stereocenters. The first kappa shape index (κ1) is 16.0. The van der Waals surface area contributed by atoms with Crippen LogP contribution in [0, 0.1) is 5.82 Å². The van der Waals surface area contributed by atoms with Crippen LogP contribution in [0.1, 0.15) is 38.8 Å². The summed E-state index contributed by atoms with van der Waals surface area (Å²) in [7, 11) is 2.91. The Labute approximate surface area is 138 Å². The van der Waals surface area contributed by atoms with Gasteiger partial charge in [0.25, 0.3) is 0 Å². The van der Waals surface area contributed by atoms with Gasteiger partial charge in [-0.25, -0.2) is 9.18 Å². The zero-order valence-electron chi connectivity index (χ0n) is 13.2. The molecule has 0 spiro atoms. The average molecular weight is 330 g/mol. The minimum absolute atomic E-state index is 0.0279. The van der Waals surface area contributed by atoms with Crippen LogP contribution in [0.3, 0.4) is 0 Å². The van der Waals surface area contributed by atoms with Gasteiger partial charge < -0.3 is 14.2 Å². The van der Waals surface area contributed by atoms with Crippen LogP contribution in [0.5, 0.6) is 11.5 Å². The molecule has 1 aliphatic heterocycles. The first-order valence-electron chi connectivity index (χ1n) is 7.29. The Kier molecular flexibility index (Phi) is 4.20. The maximum absolute atomic E-state index is 13.0. The van der Waals surface area contributed by atoms with Crippen molar-refractivity contribution in [1.29, 1.82) is 0 Å². The maximum Gasteiger partial charge on any atom is 0.343 e. The van der Waals surface area contributed by atoms with Crippen LogP contribution in [0.15, 0.2) is 36.4 Å². The normalized spacial score (nSPS) is 15.6. The SMILES string of the molecule is COc1ccc2c(c1OC)C(=O)O[C@@H]2CC(=O)c1ccc(F)cc1. The molecule has 5 nitrogen and oxygen atoms in total. The van der Waals surface area contributed by atoms with E-state index in [1.165, 1.54) is 38.5 Å². The third-order valence-corrected chi connectivity index (χ3v) is 3.92. The molecule has 0 N–H and O–H groups in total. The molecule has 0 aliphatic carbocycles. The molecule has 124 valence electrons. The monoisotopic (exact) mass is 330 g/mol. The summed E-state index contributed by atoms with van der Waals surface area (Å²) in [5.41, 5.74) is 1.21. The van der Waals surface area contributed by atoms with Crippen LogP contribution >= 0.6 is 0 Å². The predicted octanol–water partition coefficient (Wildman–Crippen LogP) is 3.33. The highest BCUT2D eigenvalue weighted by atomic mass is 19.1. The lowest BCUT2D eigenvalue weighted by molar-refractivity contribution is 0.0365. The van der Waals surface area contributed by atoms with Gasteiger partial charge in [0.05, 0.1) is 20.6 Å². The lowest BCUT2D eigenvalue weighted by Gasteiger charge is -2.12. The number of methoxy groups -OCH3 is 2. The second-order valence-corrected chi connectivity index (χ2v) is 5.29. The summed E-state index contributed by atoms with van der Waals surface area (Å²) < 4.78 is 28.7. The molecule has 0 saturated heterocycles. The van der Waals surface area contributed by atoms with Crippen LogP contribution in [0.2, 0.25) is 0 Å². The van der Waals surface area contributed by atoms with Gasteiger partial charge in [-0.15, -0.1) is 0 Å². The third-order valence-electron chi connectivity index (χ3n) is 3.92. The Balaban J connectivity index is 1.89. The lowest BCUT2D eigenvalue weighted by Crippen LogP contribution is -2.07. The Morgan fingerprint density at radius 2 is 1.83 bits per heavy atom. The van der Waals surface area contributed by atoms with Crippen LogP contribution in [0.25, 0.3) is 0 Å². The Hall–Kier alpha value is -2.89. The number of hydrogen-bond acceptors (Lipinski definition) is 5. The van der Waals surface area contributed by atoms with Gasteiger partial charge in [-0.1, -0.05) is 6.07 Å². The highest BCUT2D eigenvalue weighted by Crippen LogP contribution is 2.43. The van der Waals surface area contributed by atoms with Crippen LogP contribution in [-0.2, 0) is 4.74 Å². The van der Waals surface area contributed by atoms with Gasteiger partial charge in [0, 0.05) is 11.1 Å². The summed E-state index contributed by atoms with van der Waals surface area (Å²) in [4.78, 5) is 24.5. The number of benzene rings is 2. The van der Waals surface area contributed by atoms with Crippen LogP contribution in [-0.4, -0.2) is 26.0 Å². The van der Waals surface area contributed by atoms with Crippen molar-refractivity contribution in [3.8, 4) is 11.5 Å². The highest BCUT2D eigenvalue weighted by molar-refractivity contribution is 6.00. The van der Waals surface area contributed by atoms with Crippen molar-refractivity contribution in [1.82, 2.24) is 0 Å². The fourth-order valence-electron chi connectivity index (χ4n) is 2.75. The molecule has 2 aromatic carbocycles. The molecule has 0 aromatic heterocycles.